The molecule has 1 N–H and O–H groups in total. The second-order valence-electron chi connectivity index (χ2n) is 6.05. The highest BCUT2D eigenvalue weighted by atomic mass is 35.5. The third-order valence-electron chi connectivity index (χ3n) is 4.13. The van der Waals surface area contributed by atoms with Gasteiger partial charge in [-0.05, 0) is 36.2 Å². The molecule has 4 aromatic rings. The molecule has 2 heterocycles. The predicted molar refractivity (Wildman–Crippen MR) is 109 cm³/mol. The first-order valence-corrected chi connectivity index (χ1v) is 9.93. The Labute approximate surface area is 174 Å². The van der Waals surface area contributed by atoms with Crippen molar-refractivity contribution in [2.24, 2.45) is 0 Å². The van der Waals surface area contributed by atoms with Crippen LogP contribution in [0, 0.1) is 5.82 Å². The van der Waals surface area contributed by atoms with Crippen LogP contribution < -0.4 is 10.1 Å². The van der Waals surface area contributed by atoms with E-state index in [1.165, 1.54) is 22.7 Å². The number of ether oxygens (including phenoxy) is 1. The standard InChI is InChI=1S/C19H15ClFN5O2S/c1-2-11-5-3-4-6-15(11)28-10-16(27)22-18-25-26-17(23-24-19(26)29-18)12-7-8-14(21)13(20)9-12/h3-9H,2,10H2,1H3,(H,22,25,27). The molecule has 148 valence electrons. The summed E-state index contributed by atoms with van der Waals surface area (Å²) in [6, 6.07) is 11.8. The number of fused-ring (bicyclic) bond motifs is 1. The third-order valence-corrected chi connectivity index (χ3v) is 5.23. The van der Waals surface area contributed by atoms with E-state index >= 15 is 0 Å². The first-order valence-electron chi connectivity index (χ1n) is 8.73. The van der Waals surface area contributed by atoms with Crippen LogP contribution in [0.2, 0.25) is 5.02 Å². The first kappa shape index (κ1) is 19.3. The fourth-order valence-electron chi connectivity index (χ4n) is 2.72. The second-order valence-corrected chi connectivity index (χ2v) is 7.42. The lowest BCUT2D eigenvalue weighted by molar-refractivity contribution is -0.118. The molecule has 0 aliphatic rings. The molecule has 0 radical (unpaired) electrons. The number of amides is 1. The summed E-state index contributed by atoms with van der Waals surface area (Å²) >= 11 is 7.00. The summed E-state index contributed by atoms with van der Waals surface area (Å²) < 4.78 is 20.5. The van der Waals surface area contributed by atoms with Gasteiger partial charge in [-0.25, -0.2) is 4.39 Å². The Kier molecular flexibility index (Phi) is 5.41. The summed E-state index contributed by atoms with van der Waals surface area (Å²) in [5.74, 6) is 0.213. The number of benzene rings is 2. The minimum Gasteiger partial charge on any atom is -0.483 e. The van der Waals surface area contributed by atoms with Gasteiger partial charge in [-0.3, -0.25) is 10.1 Å². The van der Waals surface area contributed by atoms with Crippen LogP contribution in [0.1, 0.15) is 12.5 Å². The molecule has 0 aliphatic heterocycles. The molecule has 4 rings (SSSR count). The number of hydrogen-bond acceptors (Lipinski definition) is 6. The van der Waals surface area contributed by atoms with E-state index < -0.39 is 5.82 Å². The van der Waals surface area contributed by atoms with Crippen LogP contribution in [0.5, 0.6) is 5.75 Å². The van der Waals surface area contributed by atoms with Gasteiger partial charge >= 0.3 is 0 Å². The van der Waals surface area contributed by atoms with Crippen LogP contribution in [0.15, 0.2) is 42.5 Å². The van der Waals surface area contributed by atoms with Gasteiger partial charge in [0.05, 0.1) is 5.02 Å². The maximum atomic E-state index is 13.4. The molecule has 0 aliphatic carbocycles. The van der Waals surface area contributed by atoms with Crippen LogP contribution >= 0.6 is 22.9 Å². The number of anilines is 1. The van der Waals surface area contributed by atoms with Crippen molar-refractivity contribution in [3.05, 3.63) is 58.9 Å². The number of rotatable bonds is 6. The Bertz CT molecular complexity index is 1190. The molecule has 0 spiro atoms. The molecule has 29 heavy (non-hydrogen) atoms. The van der Waals surface area contributed by atoms with Crippen molar-refractivity contribution in [1.82, 2.24) is 19.8 Å². The molecule has 0 atom stereocenters. The molecule has 0 unspecified atom stereocenters. The molecule has 10 heteroatoms. The summed E-state index contributed by atoms with van der Waals surface area (Å²) in [6.07, 6.45) is 0.810. The van der Waals surface area contributed by atoms with E-state index in [0.29, 0.717) is 27.2 Å². The Balaban J connectivity index is 1.48. The summed E-state index contributed by atoms with van der Waals surface area (Å²) in [5, 5.41) is 15.4. The van der Waals surface area contributed by atoms with Crippen molar-refractivity contribution >= 4 is 38.9 Å². The van der Waals surface area contributed by atoms with Crippen molar-refractivity contribution in [3.63, 3.8) is 0 Å². The molecule has 0 saturated carbocycles. The number of carbonyl (C=O) groups is 1. The van der Waals surface area contributed by atoms with Gasteiger partial charge in [-0.15, -0.1) is 15.3 Å². The third kappa shape index (κ3) is 4.06. The summed E-state index contributed by atoms with van der Waals surface area (Å²) in [7, 11) is 0. The monoisotopic (exact) mass is 431 g/mol. The number of nitrogens with one attached hydrogen (secondary N) is 1. The Morgan fingerprint density at radius 1 is 1.28 bits per heavy atom. The molecule has 7 nitrogen and oxygen atoms in total. The summed E-state index contributed by atoms with van der Waals surface area (Å²) in [6.45, 7) is 1.88. The largest absolute Gasteiger partial charge is 0.483 e. The average molecular weight is 432 g/mol. The number of para-hydroxylation sites is 1. The van der Waals surface area contributed by atoms with Gasteiger partial charge < -0.3 is 4.74 Å². The lowest BCUT2D eigenvalue weighted by Crippen LogP contribution is -2.20. The predicted octanol–water partition coefficient (Wildman–Crippen LogP) is 4.23. The van der Waals surface area contributed by atoms with Crippen LogP contribution in [-0.2, 0) is 11.2 Å². The van der Waals surface area contributed by atoms with Crippen LogP contribution in [0.25, 0.3) is 16.3 Å². The SMILES string of the molecule is CCc1ccccc1OCC(=O)Nc1nn2c(-c3ccc(F)c(Cl)c3)nnc2s1. The normalized spacial score (nSPS) is 11.0. The van der Waals surface area contributed by atoms with Crippen molar-refractivity contribution < 1.29 is 13.9 Å². The molecule has 2 aromatic heterocycles. The highest BCUT2D eigenvalue weighted by Gasteiger charge is 2.16. The number of nitrogens with zero attached hydrogens (tertiary/aromatic N) is 4. The number of aromatic nitrogens is 4. The van der Waals surface area contributed by atoms with E-state index in [1.54, 1.807) is 0 Å². The van der Waals surface area contributed by atoms with Crippen LogP contribution in [0.4, 0.5) is 9.52 Å². The van der Waals surface area contributed by atoms with E-state index in [9.17, 15) is 9.18 Å². The van der Waals surface area contributed by atoms with Gasteiger partial charge in [0, 0.05) is 5.56 Å². The Morgan fingerprint density at radius 2 is 2.10 bits per heavy atom. The highest BCUT2D eigenvalue weighted by molar-refractivity contribution is 7.20. The summed E-state index contributed by atoms with van der Waals surface area (Å²) in [5.41, 5.74) is 1.59. The molecule has 0 bridgehead atoms. The quantitative estimate of drug-likeness (QED) is 0.494. The fraction of sp³-hybridized carbons (Fsp3) is 0.158. The zero-order valence-electron chi connectivity index (χ0n) is 15.2. The summed E-state index contributed by atoms with van der Waals surface area (Å²) in [4.78, 5) is 12.7. The van der Waals surface area contributed by atoms with E-state index in [-0.39, 0.29) is 17.5 Å². The maximum absolute atomic E-state index is 13.4. The Hall–Kier alpha value is -3.04. The molecule has 0 fully saturated rings. The van der Waals surface area contributed by atoms with E-state index in [4.69, 9.17) is 16.3 Å². The molecular formula is C19H15ClFN5O2S. The van der Waals surface area contributed by atoms with E-state index in [2.05, 4.69) is 20.6 Å². The number of halogens is 2. The van der Waals surface area contributed by atoms with Gasteiger partial charge in [-0.1, -0.05) is 48.1 Å². The second kappa shape index (κ2) is 8.14. The van der Waals surface area contributed by atoms with Gasteiger partial charge in [0.1, 0.15) is 11.6 Å². The van der Waals surface area contributed by atoms with Gasteiger partial charge in [0.25, 0.3) is 5.91 Å². The van der Waals surface area contributed by atoms with Crippen LogP contribution in [-0.4, -0.2) is 32.3 Å². The highest BCUT2D eigenvalue weighted by Crippen LogP contribution is 2.27. The lowest BCUT2D eigenvalue weighted by Gasteiger charge is -2.09. The lowest BCUT2D eigenvalue weighted by atomic mass is 10.1. The smallest absolute Gasteiger partial charge is 0.264 e. The molecule has 2 aromatic carbocycles. The average Bonchev–Trinajstić information content (AvgIpc) is 3.29. The molecule has 0 saturated heterocycles. The maximum Gasteiger partial charge on any atom is 0.264 e. The van der Waals surface area contributed by atoms with Gasteiger partial charge in [0.2, 0.25) is 10.1 Å². The fourth-order valence-corrected chi connectivity index (χ4v) is 3.65. The van der Waals surface area contributed by atoms with Crippen molar-refractivity contribution in [1.29, 1.82) is 0 Å². The number of carbonyl (C=O) groups excluding carboxylic acids is 1. The van der Waals surface area contributed by atoms with E-state index in [1.807, 2.05) is 31.2 Å². The van der Waals surface area contributed by atoms with Crippen molar-refractivity contribution in [2.75, 3.05) is 11.9 Å². The number of hydrogen-bond donors (Lipinski definition) is 1. The molecule has 1 amide bonds. The zero-order valence-corrected chi connectivity index (χ0v) is 16.8. The zero-order chi connectivity index (χ0) is 20.4. The first-order chi connectivity index (χ1) is 14.0. The van der Waals surface area contributed by atoms with Crippen molar-refractivity contribution in [2.45, 2.75) is 13.3 Å². The van der Waals surface area contributed by atoms with E-state index in [0.717, 1.165) is 23.3 Å². The number of aryl methyl sites for hydroxylation is 1. The Morgan fingerprint density at radius 3 is 2.90 bits per heavy atom. The van der Waals surface area contributed by atoms with Gasteiger partial charge in [-0.2, -0.15) is 4.52 Å². The minimum absolute atomic E-state index is 0.0208. The van der Waals surface area contributed by atoms with Crippen molar-refractivity contribution in [3.8, 4) is 17.1 Å². The molecular weight excluding hydrogens is 417 g/mol. The topological polar surface area (TPSA) is 81.4 Å². The van der Waals surface area contributed by atoms with Gasteiger partial charge in [0.15, 0.2) is 12.4 Å². The van der Waals surface area contributed by atoms with Crippen LogP contribution in [0.3, 0.4) is 0 Å². The minimum atomic E-state index is -0.521.